The van der Waals surface area contributed by atoms with Gasteiger partial charge in [0.1, 0.15) is 18.2 Å². The molecule has 0 saturated heterocycles. The molecule has 0 N–H and O–H groups in total. The summed E-state index contributed by atoms with van der Waals surface area (Å²) in [6, 6.07) is 5.80. The van der Waals surface area contributed by atoms with E-state index in [0.29, 0.717) is 11.3 Å². The predicted molar refractivity (Wildman–Crippen MR) is 74.7 cm³/mol. The van der Waals surface area contributed by atoms with Crippen LogP contribution in [-0.4, -0.2) is 19.9 Å². The molecular formula is C13H7FN4O3S. The van der Waals surface area contributed by atoms with Gasteiger partial charge in [-0.25, -0.2) is 19.3 Å². The number of halogens is 1. The molecule has 1 aromatic carbocycles. The van der Waals surface area contributed by atoms with Gasteiger partial charge in [0.15, 0.2) is 10.9 Å². The smallest absolute Gasteiger partial charge is 0.305 e. The van der Waals surface area contributed by atoms with Crippen molar-refractivity contribution in [3.05, 3.63) is 58.8 Å². The van der Waals surface area contributed by atoms with Crippen molar-refractivity contribution in [2.75, 3.05) is 0 Å². The number of rotatable bonds is 4. The largest absolute Gasteiger partial charge is 0.431 e. The monoisotopic (exact) mass is 318 g/mol. The molecule has 110 valence electrons. The summed E-state index contributed by atoms with van der Waals surface area (Å²) in [5.74, 6) is 0.140. The molecule has 0 aliphatic rings. The summed E-state index contributed by atoms with van der Waals surface area (Å²) in [7, 11) is 0. The number of nitro groups is 1. The quantitative estimate of drug-likeness (QED) is 0.413. The van der Waals surface area contributed by atoms with Crippen LogP contribution in [0.1, 0.15) is 0 Å². The van der Waals surface area contributed by atoms with Gasteiger partial charge in [-0.1, -0.05) is 0 Å². The Balaban J connectivity index is 1.76. The maximum Gasteiger partial charge on any atom is 0.305 e. The minimum absolute atomic E-state index is 0.191. The normalized spacial score (nSPS) is 10.6. The second-order valence-corrected chi connectivity index (χ2v) is 5.00. The van der Waals surface area contributed by atoms with Gasteiger partial charge in [0.05, 0.1) is 11.1 Å². The van der Waals surface area contributed by atoms with Crippen molar-refractivity contribution < 1.29 is 13.7 Å². The summed E-state index contributed by atoms with van der Waals surface area (Å²) in [6.07, 6.45) is 3.72. The third-order valence-corrected chi connectivity index (χ3v) is 3.37. The van der Waals surface area contributed by atoms with Crippen molar-refractivity contribution in [2.24, 2.45) is 0 Å². The Morgan fingerprint density at radius 2 is 1.77 bits per heavy atom. The second kappa shape index (κ2) is 5.90. The lowest BCUT2D eigenvalue weighted by atomic mass is 10.2. The minimum atomic E-state index is -0.577. The SMILES string of the molecule is O=[N+]([O-])c1cnc(Sc2ncc(-c3ccc(F)cc3)o2)nc1. The van der Waals surface area contributed by atoms with E-state index in [0.717, 1.165) is 24.2 Å². The average Bonchev–Trinajstić information content (AvgIpc) is 2.97. The fourth-order valence-corrected chi connectivity index (χ4v) is 2.19. The van der Waals surface area contributed by atoms with Crippen LogP contribution in [0.25, 0.3) is 11.3 Å². The Morgan fingerprint density at radius 3 is 2.41 bits per heavy atom. The Kier molecular flexibility index (Phi) is 3.79. The van der Waals surface area contributed by atoms with E-state index in [1.165, 1.54) is 18.3 Å². The first-order chi connectivity index (χ1) is 10.6. The van der Waals surface area contributed by atoms with Gasteiger partial charge in [0.2, 0.25) is 0 Å². The van der Waals surface area contributed by atoms with Crippen LogP contribution in [0.5, 0.6) is 0 Å². The van der Waals surface area contributed by atoms with Crippen molar-refractivity contribution in [1.29, 1.82) is 0 Å². The Hall–Kier alpha value is -2.81. The van der Waals surface area contributed by atoms with Gasteiger partial charge in [-0.2, -0.15) is 0 Å². The molecule has 0 spiro atoms. The van der Waals surface area contributed by atoms with Crippen molar-refractivity contribution in [3.63, 3.8) is 0 Å². The van der Waals surface area contributed by atoms with Crippen LogP contribution < -0.4 is 0 Å². The summed E-state index contributed by atoms with van der Waals surface area (Å²) in [6.45, 7) is 0. The van der Waals surface area contributed by atoms with Crippen molar-refractivity contribution in [3.8, 4) is 11.3 Å². The van der Waals surface area contributed by atoms with Crippen molar-refractivity contribution in [2.45, 2.75) is 10.4 Å². The van der Waals surface area contributed by atoms with Crippen LogP contribution in [0.2, 0.25) is 0 Å². The summed E-state index contributed by atoms with van der Waals surface area (Å²) in [5, 5.41) is 11.1. The minimum Gasteiger partial charge on any atom is -0.431 e. The molecule has 2 aromatic heterocycles. The zero-order valence-corrected chi connectivity index (χ0v) is 11.7. The van der Waals surface area contributed by atoms with E-state index >= 15 is 0 Å². The zero-order chi connectivity index (χ0) is 15.5. The Morgan fingerprint density at radius 1 is 1.09 bits per heavy atom. The molecule has 0 atom stereocenters. The third kappa shape index (κ3) is 3.09. The lowest BCUT2D eigenvalue weighted by molar-refractivity contribution is -0.385. The highest BCUT2D eigenvalue weighted by atomic mass is 32.2. The first-order valence-electron chi connectivity index (χ1n) is 5.98. The standard InChI is InChI=1S/C13H7FN4O3S/c14-9-3-1-8(2-4-9)11-7-17-13(21-11)22-12-15-5-10(6-16-12)18(19)20/h1-7H. The van der Waals surface area contributed by atoms with Crippen molar-refractivity contribution >= 4 is 17.4 Å². The van der Waals surface area contributed by atoms with E-state index in [-0.39, 0.29) is 21.9 Å². The predicted octanol–water partition coefficient (Wildman–Crippen LogP) is 3.33. The molecule has 3 aromatic rings. The molecule has 0 fully saturated rings. The summed E-state index contributed by atoms with van der Waals surface area (Å²) in [5.41, 5.74) is 0.495. The van der Waals surface area contributed by atoms with Gasteiger partial charge >= 0.3 is 5.69 Å². The fourth-order valence-electron chi connectivity index (χ4n) is 1.59. The molecule has 0 radical (unpaired) electrons. The third-order valence-electron chi connectivity index (χ3n) is 2.62. The second-order valence-electron chi connectivity index (χ2n) is 4.08. The molecule has 0 aliphatic carbocycles. The number of aromatic nitrogens is 3. The molecule has 9 heteroatoms. The molecule has 22 heavy (non-hydrogen) atoms. The number of oxazole rings is 1. The van der Waals surface area contributed by atoms with Crippen molar-refractivity contribution in [1.82, 2.24) is 15.0 Å². The highest BCUT2D eigenvalue weighted by Crippen LogP contribution is 2.28. The molecule has 0 aliphatic heterocycles. The average molecular weight is 318 g/mol. The van der Waals surface area contributed by atoms with Crippen LogP contribution in [0.3, 0.4) is 0 Å². The molecule has 0 bridgehead atoms. The van der Waals surface area contributed by atoms with E-state index in [4.69, 9.17) is 4.42 Å². The first-order valence-corrected chi connectivity index (χ1v) is 6.79. The van der Waals surface area contributed by atoms with Gasteiger partial charge in [0, 0.05) is 17.3 Å². The summed E-state index contributed by atoms with van der Waals surface area (Å²) < 4.78 is 18.4. The highest BCUT2D eigenvalue weighted by molar-refractivity contribution is 7.98. The summed E-state index contributed by atoms with van der Waals surface area (Å²) >= 11 is 1.03. The molecule has 0 saturated carbocycles. The fraction of sp³-hybridized carbons (Fsp3) is 0. The molecule has 0 amide bonds. The Bertz CT molecular complexity index is 805. The van der Waals surface area contributed by atoms with Gasteiger partial charge in [0.25, 0.3) is 5.22 Å². The van der Waals surface area contributed by atoms with Gasteiger partial charge in [-0.05, 0) is 24.3 Å². The molecule has 3 rings (SSSR count). The maximum atomic E-state index is 12.9. The topological polar surface area (TPSA) is 95.0 Å². The molecule has 0 unspecified atom stereocenters. The number of hydrogen-bond acceptors (Lipinski definition) is 7. The van der Waals surface area contributed by atoms with Gasteiger partial charge in [-0.15, -0.1) is 0 Å². The lowest BCUT2D eigenvalue weighted by Gasteiger charge is -1.96. The van der Waals surface area contributed by atoms with Crippen LogP contribution >= 0.6 is 11.8 Å². The van der Waals surface area contributed by atoms with Gasteiger partial charge < -0.3 is 4.42 Å². The van der Waals surface area contributed by atoms with E-state index in [9.17, 15) is 14.5 Å². The van der Waals surface area contributed by atoms with E-state index in [1.54, 1.807) is 12.1 Å². The highest BCUT2D eigenvalue weighted by Gasteiger charge is 2.12. The van der Waals surface area contributed by atoms with Crippen LogP contribution in [-0.2, 0) is 0 Å². The van der Waals surface area contributed by atoms with Crippen LogP contribution in [0.4, 0.5) is 10.1 Å². The number of hydrogen-bond donors (Lipinski definition) is 0. The molecular weight excluding hydrogens is 311 g/mol. The van der Waals surface area contributed by atoms with E-state index < -0.39 is 4.92 Å². The number of benzene rings is 1. The Labute approximate surface area is 127 Å². The lowest BCUT2D eigenvalue weighted by Crippen LogP contribution is -1.92. The van der Waals surface area contributed by atoms with Crippen LogP contribution in [0.15, 0.2) is 57.7 Å². The van der Waals surface area contributed by atoms with E-state index in [1.807, 2.05) is 0 Å². The van der Waals surface area contributed by atoms with E-state index in [2.05, 4.69) is 15.0 Å². The number of nitrogens with zero attached hydrogens (tertiary/aromatic N) is 4. The van der Waals surface area contributed by atoms with Crippen LogP contribution in [0, 0.1) is 15.9 Å². The first kappa shape index (κ1) is 14.1. The molecule has 2 heterocycles. The van der Waals surface area contributed by atoms with Gasteiger partial charge in [-0.3, -0.25) is 10.1 Å². The maximum absolute atomic E-state index is 12.9. The zero-order valence-electron chi connectivity index (χ0n) is 10.8. The molecule has 7 nitrogen and oxygen atoms in total. The summed E-state index contributed by atoms with van der Waals surface area (Å²) in [4.78, 5) is 21.7.